The number of rotatable bonds is 8. The maximum absolute atomic E-state index is 12.0. The summed E-state index contributed by atoms with van der Waals surface area (Å²) in [5, 5.41) is 8.69. The topological polar surface area (TPSA) is 82.4 Å². The number of aryl methyl sites for hydroxylation is 1. The van der Waals surface area contributed by atoms with Gasteiger partial charge in [0.2, 0.25) is 0 Å². The Labute approximate surface area is 162 Å². The maximum Gasteiger partial charge on any atom is 0.360 e. The molecule has 0 unspecified atom stereocenters. The number of esters is 1. The monoisotopic (exact) mass is 387 g/mol. The third kappa shape index (κ3) is 5.01. The van der Waals surface area contributed by atoms with E-state index in [2.05, 4.69) is 21.9 Å². The fraction of sp³-hybridized carbons (Fsp3) is 0.263. The Kier molecular flexibility index (Phi) is 7.25. The van der Waals surface area contributed by atoms with E-state index in [0.29, 0.717) is 11.3 Å². The lowest BCUT2D eigenvalue weighted by atomic mass is 9.99. The highest BCUT2D eigenvalue weighted by molar-refractivity contribution is 7.14. The van der Waals surface area contributed by atoms with E-state index in [1.165, 1.54) is 25.6 Å². The van der Waals surface area contributed by atoms with Crippen LogP contribution in [0.2, 0.25) is 0 Å². The molecule has 0 N–H and O–H groups in total. The van der Waals surface area contributed by atoms with E-state index in [1.807, 2.05) is 26.0 Å². The van der Waals surface area contributed by atoms with E-state index >= 15 is 0 Å². The Bertz CT molecular complexity index is 887. The van der Waals surface area contributed by atoms with Crippen molar-refractivity contribution >= 4 is 34.8 Å². The summed E-state index contributed by atoms with van der Waals surface area (Å²) in [6.07, 6.45) is 3.47. The van der Waals surface area contributed by atoms with Gasteiger partial charge in [-0.05, 0) is 19.4 Å². The minimum absolute atomic E-state index is 0.0681. The van der Waals surface area contributed by atoms with E-state index in [0.717, 1.165) is 21.0 Å². The third-order valence-electron chi connectivity index (χ3n) is 3.67. The van der Waals surface area contributed by atoms with Crippen molar-refractivity contribution in [2.75, 3.05) is 14.2 Å². The highest BCUT2D eigenvalue weighted by Crippen LogP contribution is 2.19. The van der Waals surface area contributed by atoms with E-state index < -0.39 is 5.97 Å². The third-order valence-corrected chi connectivity index (χ3v) is 4.77. The molecule has 0 saturated carbocycles. The summed E-state index contributed by atoms with van der Waals surface area (Å²) < 4.78 is 4.79. The molecule has 0 amide bonds. The van der Waals surface area contributed by atoms with Crippen molar-refractivity contribution in [3.63, 3.8) is 0 Å². The van der Waals surface area contributed by atoms with Crippen LogP contribution in [0.15, 0.2) is 41.3 Å². The molecule has 1 heterocycles. The Morgan fingerprint density at radius 2 is 2.11 bits per heavy atom. The quantitative estimate of drug-likeness (QED) is 0.393. The number of hydrogen-bond donors (Lipinski definition) is 0. The molecular formula is C19H21N3O4S. The Balaban J connectivity index is 2.25. The second kappa shape index (κ2) is 9.63. The van der Waals surface area contributed by atoms with Crippen LogP contribution in [0.1, 0.15) is 33.5 Å². The summed E-state index contributed by atoms with van der Waals surface area (Å²) in [6.45, 7) is 7.60. The summed E-state index contributed by atoms with van der Waals surface area (Å²) in [7, 11) is 2.66. The number of carbonyl (C=O) groups is 1. The zero-order valence-electron chi connectivity index (χ0n) is 15.7. The molecule has 0 bridgehead atoms. The lowest BCUT2D eigenvalue weighted by Crippen LogP contribution is -2.20. The summed E-state index contributed by atoms with van der Waals surface area (Å²) in [6, 6.07) is 5.50. The van der Waals surface area contributed by atoms with Crippen molar-refractivity contribution in [3.05, 3.63) is 57.6 Å². The van der Waals surface area contributed by atoms with Crippen molar-refractivity contribution in [1.82, 2.24) is 4.98 Å². The highest BCUT2D eigenvalue weighted by Gasteiger charge is 2.20. The molecule has 8 heteroatoms. The highest BCUT2D eigenvalue weighted by atomic mass is 32.1. The lowest BCUT2D eigenvalue weighted by Gasteiger charge is -2.12. The van der Waals surface area contributed by atoms with Gasteiger partial charge in [-0.3, -0.25) is 0 Å². The second-order valence-corrected chi connectivity index (χ2v) is 6.50. The SMILES string of the molecule is C=Cc1cnc(/C(C)=N/OCc2c(C)cccc2/C(=N\OC)C(=O)OC)s1. The van der Waals surface area contributed by atoms with Crippen LogP contribution in [0.3, 0.4) is 0 Å². The molecular weight excluding hydrogens is 366 g/mol. The second-order valence-electron chi connectivity index (χ2n) is 5.44. The molecule has 0 radical (unpaired) electrons. The number of methoxy groups -OCH3 is 1. The molecule has 0 saturated heterocycles. The van der Waals surface area contributed by atoms with Crippen LogP contribution in [0.4, 0.5) is 0 Å². The van der Waals surface area contributed by atoms with Gasteiger partial charge in [-0.1, -0.05) is 41.2 Å². The van der Waals surface area contributed by atoms with Crippen molar-refractivity contribution in [2.45, 2.75) is 20.5 Å². The molecule has 0 aliphatic carbocycles. The summed E-state index contributed by atoms with van der Waals surface area (Å²) in [5.41, 5.74) is 2.98. The molecule has 1 aromatic carbocycles. The van der Waals surface area contributed by atoms with E-state index in [9.17, 15) is 4.79 Å². The van der Waals surface area contributed by atoms with Gasteiger partial charge >= 0.3 is 5.97 Å². The molecule has 0 spiro atoms. The van der Waals surface area contributed by atoms with Gasteiger partial charge in [-0.2, -0.15) is 0 Å². The molecule has 0 atom stereocenters. The fourth-order valence-corrected chi connectivity index (χ4v) is 2.98. The van der Waals surface area contributed by atoms with Crippen molar-refractivity contribution in [1.29, 1.82) is 0 Å². The van der Waals surface area contributed by atoms with E-state index in [1.54, 1.807) is 18.3 Å². The Morgan fingerprint density at radius 1 is 1.33 bits per heavy atom. The van der Waals surface area contributed by atoms with Crippen LogP contribution in [-0.2, 0) is 25.8 Å². The van der Waals surface area contributed by atoms with Crippen LogP contribution < -0.4 is 0 Å². The average Bonchev–Trinajstić information content (AvgIpc) is 3.16. The van der Waals surface area contributed by atoms with Gasteiger partial charge in [-0.15, -0.1) is 11.3 Å². The van der Waals surface area contributed by atoms with Gasteiger partial charge in [-0.25, -0.2) is 9.78 Å². The maximum atomic E-state index is 12.0. The molecule has 27 heavy (non-hydrogen) atoms. The van der Waals surface area contributed by atoms with E-state index in [4.69, 9.17) is 14.4 Å². The van der Waals surface area contributed by atoms with Gasteiger partial charge < -0.3 is 14.4 Å². The first-order valence-electron chi connectivity index (χ1n) is 8.05. The van der Waals surface area contributed by atoms with E-state index in [-0.39, 0.29) is 12.3 Å². The summed E-state index contributed by atoms with van der Waals surface area (Å²) in [5.74, 6) is -0.594. The minimum atomic E-state index is -0.594. The molecule has 2 rings (SSSR count). The first-order valence-corrected chi connectivity index (χ1v) is 8.87. The molecule has 2 aromatic rings. The van der Waals surface area contributed by atoms with Crippen molar-refractivity contribution < 1.29 is 19.2 Å². The predicted molar refractivity (Wildman–Crippen MR) is 106 cm³/mol. The lowest BCUT2D eigenvalue weighted by molar-refractivity contribution is -0.132. The summed E-state index contributed by atoms with van der Waals surface area (Å²) >= 11 is 1.48. The molecule has 0 aliphatic rings. The molecule has 142 valence electrons. The standard InChI is InChI=1S/C19H21N3O4S/c1-6-14-10-20-18(27-14)13(3)21-26-11-16-12(2)8-7-9-15(16)17(22-25-5)19(23)24-4/h6-10H,1,11H2,2-5H3/b21-13+,22-17+. The first-order chi connectivity index (χ1) is 13.0. The molecule has 7 nitrogen and oxygen atoms in total. The Hall–Kier alpha value is -3.00. The van der Waals surface area contributed by atoms with Crippen LogP contribution in [0, 0.1) is 6.92 Å². The Morgan fingerprint density at radius 3 is 2.74 bits per heavy atom. The van der Waals surface area contributed by atoms with Crippen molar-refractivity contribution in [3.8, 4) is 0 Å². The van der Waals surface area contributed by atoms with Gasteiger partial charge in [0.05, 0.1) is 7.11 Å². The minimum Gasteiger partial charge on any atom is -0.464 e. The predicted octanol–water partition coefficient (Wildman–Crippen LogP) is 3.56. The smallest absolute Gasteiger partial charge is 0.360 e. The number of aromatic nitrogens is 1. The van der Waals surface area contributed by atoms with Crippen molar-refractivity contribution in [2.24, 2.45) is 10.3 Å². The summed E-state index contributed by atoms with van der Waals surface area (Å²) in [4.78, 5) is 27.6. The van der Waals surface area contributed by atoms with Gasteiger partial charge in [0.1, 0.15) is 24.4 Å². The zero-order valence-corrected chi connectivity index (χ0v) is 16.5. The number of benzene rings is 1. The van der Waals surface area contributed by atoms with Gasteiger partial charge in [0.25, 0.3) is 0 Å². The molecule has 0 fully saturated rings. The van der Waals surface area contributed by atoms with Gasteiger partial charge in [0, 0.05) is 22.2 Å². The zero-order chi connectivity index (χ0) is 19.8. The number of nitrogens with zero attached hydrogens (tertiary/aromatic N) is 3. The number of oxime groups is 2. The van der Waals surface area contributed by atoms with Crippen LogP contribution in [0.5, 0.6) is 0 Å². The van der Waals surface area contributed by atoms with Gasteiger partial charge in [0.15, 0.2) is 5.71 Å². The number of thiazole rings is 1. The normalized spacial score (nSPS) is 11.9. The first kappa shape index (κ1) is 20.3. The van der Waals surface area contributed by atoms with Crippen LogP contribution in [0.25, 0.3) is 6.08 Å². The number of carbonyl (C=O) groups excluding carboxylic acids is 1. The molecule has 1 aromatic heterocycles. The van der Waals surface area contributed by atoms with Crippen LogP contribution in [-0.4, -0.2) is 36.6 Å². The molecule has 0 aliphatic heterocycles. The fourth-order valence-electron chi connectivity index (χ4n) is 2.28. The largest absolute Gasteiger partial charge is 0.464 e. The average molecular weight is 387 g/mol. The number of ether oxygens (including phenoxy) is 1. The number of hydrogen-bond acceptors (Lipinski definition) is 8. The van der Waals surface area contributed by atoms with Crippen LogP contribution >= 0.6 is 11.3 Å².